The van der Waals surface area contributed by atoms with Gasteiger partial charge in [-0.2, -0.15) is 4.98 Å². The minimum Gasteiger partial charge on any atom is -0.480 e. The van der Waals surface area contributed by atoms with Crippen molar-refractivity contribution in [3.8, 4) is 11.8 Å². The van der Waals surface area contributed by atoms with Gasteiger partial charge in [-0.25, -0.2) is 0 Å². The third-order valence-corrected chi connectivity index (χ3v) is 2.97. The lowest BCUT2D eigenvalue weighted by molar-refractivity contribution is 0.244. The van der Waals surface area contributed by atoms with E-state index in [0.717, 1.165) is 25.4 Å². The van der Waals surface area contributed by atoms with Crippen LogP contribution < -0.4 is 14.8 Å². The van der Waals surface area contributed by atoms with E-state index < -0.39 is 0 Å². The molecule has 1 aromatic rings. The van der Waals surface area contributed by atoms with Crippen LogP contribution in [-0.2, 0) is 0 Å². The predicted octanol–water partition coefficient (Wildman–Crippen LogP) is 1.25. The van der Waals surface area contributed by atoms with Crippen molar-refractivity contribution in [2.24, 2.45) is 5.92 Å². The number of hydrogen-bond acceptors (Lipinski definition) is 5. The van der Waals surface area contributed by atoms with Gasteiger partial charge in [0.05, 0.1) is 26.1 Å². The first-order valence-corrected chi connectivity index (χ1v) is 6.08. The number of ether oxygens (including phenoxy) is 2. The van der Waals surface area contributed by atoms with Gasteiger partial charge in [-0.15, -0.1) is 0 Å². The first-order chi connectivity index (χ1) is 8.38. The summed E-state index contributed by atoms with van der Waals surface area (Å²) >= 11 is 0. The number of methoxy groups -OCH3 is 1. The first kappa shape index (κ1) is 12.1. The van der Waals surface area contributed by atoms with E-state index >= 15 is 0 Å². The monoisotopic (exact) mass is 237 g/mol. The number of aromatic nitrogens is 2. The Morgan fingerprint density at radius 1 is 1.41 bits per heavy atom. The molecular weight excluding hydrogens is 218 g/mol. The zero-order valence-corrected chi connectivity index (χ0v) is 10.2. The SMILES string of the molecule is COc1cncc(OCCC2CCCNC2)n1. The zero-order chi connectivity index (χ0) is 11.9. The van der Waals surface area contributed by atoms with Gasteiger partial charge in [0.1, 0.15) is 0 Å². The van der Waals surface area contributed by atoms with Crippen LogP contribution in [0.25, 0.3) is 0 Å². The normalized spacial score (nSPS) is 19.9. The quantitative estimate of drug-likeness (QED) is 0.835. The summed E-state index contributed by atoms with van der Waals surface area (Å²) in [5.74, 6) is 1.75. The van der Waals surface area contributed by atoms with Crippen molar-refractivity contribution in [1.82, 2.24) is 15.3 Å². The van der Waals surface area contributed by atoms with E-state index in [1.54, 1.807) is 19.5 Å². The highest BCUT2D eigenvalue weighted by atomic mass is 16.5. The summed E-state index contributed by atoms with van der Waals surface area (Å²) in [4.78, 5) is 8.15. The molecule has 0 aliphatic carbocycles. The maximum absolute atomic E-state index is 5.57. The highest BCUT2D eigenvalue weighted by Crippen LogP contribution is 2.15. The van der Waals surface area contributed by atoms with Crippen LogP contribution in [0.15, 0.2) is 12.4 Å². The summed E-state index contributed by atoms with van der Waals surface area (Å²) in [5, 5.41) is 3.40. The molecule has 0 amide bonds. The van der Waals surface area contributed by atoms with Gasteiger partial charge in [0, 0.05) is 0 Å². The Bertz CT molecular complexity index is 340. The van der Waals surface area contributed by atoms with Crippen LogP contribution in [0, 0.1) is 5.92 Å². The van der Waals surface area contributed by atoms with E-state index in [4.69, 9.17) is 9.47 Å². The first-order valence-electron chi connectivity index (χ1n) is 6.08. The van der Waals surface area contributed by atoms with Gasteiger partial charge in [-0.05, 0) is 38.3 Å². The van der Waals surface area contributed by atoms with Crippen LogP contribution in [0.5, 0.6) is 11.8 Å². The third-order valence-electron chi connectivity index (χ3n) is 2.97. The number of hydrogen-bond donors (Lipinski definition) is 1. The molecule has 1 aliphatic rings. The van der Waals surface area contributed by atoms with Gasteiger partial charge < -0.3 is 14.8 Å². The molecular formula is C12H19N3O2. The molecule has 1 N–H and O–H groups in total. The Hall–Kier alpha value is -1.36. The summed E-state index contributed by atoms with van der Waals surface area (Å²) in [5.41, 5.74) is 0. The average molecular weight is 237 g/mol. The van der Waals surface area contributed by atoms with Crippen molar-refractivity contribution in [1.29, 1.82) is 0 Å². The molecule has 94 valence electrons. The maximum Gasteiger partial charge on any atom is 0.235 e. The van der Waals surface area contributed by atoms with Gasteiger partial charge in [0.25, 0.3) is 0 Å². The lowest BCUT2D eigenvalue weighted by atomic mass is 9.97. The predicted molar refractivity (Wildman–Crippen MR) is 64.3 cm³/mol. The zero-order valence-electron chi connectivity index (χ0n) is 10.2. The van der Waals surface area contributed by atoms with Crippen molar-refractivity contribution in [3.63, 3.8) is 0 Å². The Labute approximate surface area is 102 Å². The summed E-state index contributed by atoms with van der Waals surface area (Å²) in [6.45, 7) is 2.94. The van der Waals surface area contributed by atoms with E-state index in [9.17, 15) is 0 Å². The van der Waals surface area contributed by atoms with Gasteiger partial charge in [0.2, 0.25) is 11.8 Å². The largest absolute Gasteiger partial charge is 0.480 e. The van der Waals surface area contributed by atoms with Crippen molar-refractivity contribution in [2.45, 2.75) is 19.3 Å². The van der Waals surface area contributed by atoms with E-state index in [-0.39, 0.29) is 0 Å². The summed E-state index contributed by atoms with van der Waals surface area (Å²) in [6.07, 6.45) is 6.80. The van der Waals surface area contributed by atoms with E-state index in [0.29, 0.717) is 18.4 Å². The summed E-state index contributed by atoms with van der Waals surface area (Å²) in [7, 11) is 1.57. The minimum atomic E-state index is 0.488. The van der Waals surface area contributed by atoms with Crippen molar-refractivity contribution in [2.75, 3.05) is 26.8 Å². The second-order valence-corrected chi connectivity index (χ2v) is 4.25. The molecule has 0 saturated carbocycles. The van der Waals surface area contributed by atoms with Crippen LogP contribution in [0.1, 0.15) is 19.3 Å². The second kappa shape index (κ2) is 6.39. The van der Waals surface area contributed by atoms with E-state index in [2.05, 4.69) is 15.3 Å². The highest BCUT2D eigenvalue weighted by Gasteiger charge is 2.12. The van der Waals surface area contributed by atoms with Crippen molar-refractivity contribution in [3.05, 3.63) is 12.4 Å². The van der Waals surface area contributed by atoms with E-state index in [1.807, 2.05) is 0 Å². The van der Waals surface area contributed by atoms with Crippen molar-refractivity contribution >= 4 is 0 Å². The topological polar surface area (TPSA) is 56.3 Å². The molecule has 0 radical (unpaired) electrons. The second-order valence-electron chi connectivity index (χ2n) is 4.25. The summed E-state index contributed by atoms with van der Waals surface area (Å²) in [6, 6.07) is 0. The van der Waals surface area contributed by atoms with Crippen LogP contribution in [-0.4, -0.2) is 36.8 Å². The number of nitrogens with zero attached hydrogens (tertiary/aromatic N) is 2. The van der Waals surface area contributed by atoms with Gasteiger partial charge in [-0.3, -0.25) is 4.98 Å². The maximum atomic E-state index is 5.57. The number of rotatable bonds is 5. The molecule has 2 heterocycles. The third kappa shape index (κ3) is 3.85. The van der Waals surface area contributed by atoms with Crippen molar-refractivity contribution < 1.29 is 9.47 Å². The summed E-state index contributed by atoms with van der Waals surface area (Å²) < 4.78 is 10.6. The van der Waals surface area contributed by atoms with Crippen LogP contribution in [0.2, 0.25) is 0 Å². The molecule has 17 heavy (non-hydrogen) atoms. The fourth-order valence-electron chi connectivity index (χ4n) is 2.00. The molecule has 5 nitrogen and oxygen atoms in total. The molecule has 1 aliphatic heterocycles. The minimum absolute atomic E-state index is 0.488. The van der Waals surface area contributed by atoms with Gasteiger partial charge in [-0.1, -0.05) is 0 Å². The average Bonchev–Trinajstić information content (AvgIpc) is 2.40. The molecule has 0 spiro atoms. The fraction of sp³-hybridized carbons (Fsp3) is 0.667. The van der Waals surface area contributed by atoms with Crippen LogP contribution >= 0.6 is 0 Å². The molecule has 1 atom stereocenters. The Kier molecular flexibility index (Phi) is 4.55. The smallest absolute Gasteiger partial charge is 0.235 e. The van der Waals surface area contributed by atoms with E-state index in [1.165, 1.54) is 12.8 Å². The highest BCUT2D eigenvalue weighted by molar-refractivity contribution is 5.12. The van der Waals surface area contributed by atoms with Gasteiger partial charge >= 0.3 is 0 Å². The Morgan fingerprint density at radius 2 is 2.29 bits per heavy atom. The molecule has 1 unspecified atom stereocenters. The molecule has 2 rings (SSSR count). The Balaban J connectivity index is 1.73. The lowest BCUT2D eigenvalue weighted by Gasteiger charge is -2.22. The fourth-order valence-corrected chi connectivity index (χ4v) is 2.00. The van der Waals surface area contributed by atoms with Crippen LogP contribution in [0.3, 0.4) is 0 Å². The molecule has 1 aromatic heterocycles. The number of nitrogens with one attached hydrogen (secondary N) is 1. The molecule has 1 fully saturated rings. The lowest BCUT2D eigenvalue weighted by Crippen LogP contribution is -2.30. The molecule has 0 bridgehead atoms. The van der Waals surface area contributed by atoms with Gasteiger partial charge in [0.15, 0.2) is 0 Å². The number of piperidine rings is 1. The Morgan fingerprint density at radius 3 is 3.06 bits per heavy atom. The standard InChI is InChI=1S/C12H19N3O2/c1-16-11-8-14-9-12(15-11)17-6-4-10-3-2-5-13-7-10/h8-10,13H,2-7H2,1H3. The molecule has 5 heteroatoms. The molecule has 0 aromatic carbocycles. The van der Waals surface area contributed by atoms with Crippen LogP contribution in [0.4, 0.5) is 0 Å². The molecule has 1 saturated heterocycles.